The molecule has 1 heterocycles. The van der Waals surface area contributed by atoms with Gasteiger partial charge < -0.3 is 15.2 Å². The highest BCUT2D eigenvalue weighted by Gasteiger charge is 2.15. The second-order valence-electron chi connectivity index (χ2n) is 6.26. The number of urea groups is 1. The largest absolute Gasteiger partial charge is 0.338 e. The summed E-state index contributed by atoms with van der Waals surface area (Å²) in [6, 6.07) is 0.721. The fourth-order valence-corrected chi connectivity index (χ4v) is 3.16. The second-order valence-corrected chi connectivity index (χ2v) is 6.26. The summed E-state index contributed by atoms with van der Waals surface area (Å²) >= 11 is 0. The van der Waals surface area contributed by atoms with Gasteiger partial charge in [0.1, 0.15) is 5.82 Å². The van der Waals surface area contributed by atoms with Crippen molar-refractivity contribution in [2.75, 3.05) is 6.54 Å². The number of nitrogens with one attached hydrogen (secondary N) is 2. The van der Waals surface area contributed by atoms with Crippen LogP contribution in [0, 0.1) is 6.92 Å². The van der Waals surface area contributed by atoms with Crippen molar-refractivity contribution in [3.8, 4) is 0 Å². The van der Waals surface area contributed by atoms with Crippen LogP contribution in [0.15, 0.2) is 6.20 Å². The van der Waals surface area contributed by atoms with E-state index in [4.69, 9.17) is 0 Å². The highest BCUT2D eigenvalue weighted by atomic mass is 16.2. The van der Waals surface area contributed by atoms with Gasteiger partial charge in [-0.3, -0.25) is 0 Å². The van der Waals surface area contributed by atoms with Crippen molar-refractivity contribution < 1.29 is 4.79 Å². The molecule has 0 saturated heterocycles. The van der Waals surface area contributed by atoms with Crippen LogP contribution in [0.4, 0.5) is 4.79 Å². The van der Waals surface area contributed by atoms with E-state index < -0.39 is 0 Å². The molecular formula is C16H28N4O. The normalized spacial score (nSPS) is 16.2. The maximum Gasteiger partial charge on any atom is 0.315 e. The molecule has 0 aromatic carbocycles. The number of aromatic nitrogens is 2. The van der Waals surface area contributed by atoms with Crippen molar-refractivity contribution >= 4 is 6.03 Å². The van der Waals surface area contributed by atoms with Gasteiger partial charge in [0.25, 0.3) is 0 Å². The Morgan fingerprint density at radius 3 is 2.76 bits per heavy atom. The van der Waals surface area contributed by atoms with Crippen LogP contribution in [-0.4, -0.2) is 28.2 Å². The van der Waals surface area contributed by atoms with Crippen molar-refractivity contribution in [3.63, 3.8) is 0 Å². The molecule has 2 rings (SSSR count). The molecule has 0 bridgehead atoms. The fourth-order valence-electron chi connectivity index (χ4n) is 3.16. The Balaban J connectivity index is 1.75. The van der Waals surface area contributed by atoms with E-state index in [1.165, 1.54) is 25.0 Å². The van der Waals surface area contributed by atoms with Crippen molar-refractivity contribution in [1.82, 2.24) is 20.2 Å². The standard InChI is InChI=1S/C16H28N4O/c1-12(2)20-13(3)11-18-15(20)9-10-17-16(21)19-14-7-5-4-6-8-14/h11-12,14H,4-10H2,1-3H3,(H2,17,19,21). The van der Waals surface area contributed by atoms with Crippen LogP contribution in [0.3, 0.4) is 0 Å². The first-order valence-electron chi connectivity index (χ1n) is 8.15. The van der Waals surface area contributed by atoms with Gasteiger partial charge in [-0.1, -0.05) is 19.3 Å². The number of hydrogen-bond acceptors (Lipinski definition) is 2. The first-order valence-corrected chi connectivity index (χ1v) is 8.15. The SMILES string of the molecule is Cc1cnc(CCNC(=O)NC2CCCCC2)n1C(C)C. The Kier molecular flexibility index (Phi) is 5.65. The van der Waals surface area contributed by atoms with Crippen LogP contribution in [0.5, 0.6) is 0 Å². The van der Waals surface area contributed by atoms with Gasteiger partial charge in [-0.2, -0.15) is 0 Å². The lowest BCUT2D eigenvalue weighted by molar-refractivity contribution is 0.232. The molecule has 1 aliphatic carbocycles. The molecule has 5 heteroatoms. The number of amides is 2. The number of aryl methyl sites for hydroxylation is 1. The van der Waals surface area contributed by atoms with Crippen LogP contribution in [0.1, 0.15) is 63.5 Å². The Hall–Kier alpha value is -1.52. The lowest BCUT2D eigenvalue weighted by atomic mass is 9.96. The molecule has 1 aromatic heterocycles. The third-order valence-electron chi connectivity index (χ3n) is 4.15. The maximum absolute atomic E-state index is 11.9. The summed E-state index contributed by atoms with van der Waals surface area (Å²) in [5, 5.41) is 6.02. The van der Waals surface area contributed by atoms with Gasteiger partial charge in [0.15, 0.2) is 0 Å². The summed E-state index contributed by atoms with van der Waals surface area (Å²) in [5.74, 6) is 1.04. The number of nitrogens with zero attached hydrogens (tertiary/aromatic N) is 2. The van der Waals surface area contributed by atoms with Crippen LogP contribution < -0.4 is 10.6 Å². The molecule has 2 N–H and O–H groups in total. The fraction of sp³-hybridized carbons (Fsp3) is 0.750. The number of hydrogen-bond donors (Lipinski definition) is 2. The molecule has 1 fully saturated rings. The third kappa shape index (κ3) is 4.48. The van der Waals surface area contributed by atoms with Gasteiger partial charge in [-0.25, -0.2) is 9.78 Å². The van der Waals surface area contributed by atoms with E-state index >= 15 is 0 Å². The van der Waals surface area contributed by atoms with E-state index in [1.54, 1.807) is 0 Å². The molecule has 0 radical (unpaired) electrons. The minimum absolute atomic E-state index is 0.0405. The van der Waals surface area contributed by atoms with Crippen molar-refractivity contribution in [1.29, 1.82) is 0 Å². The van der Waals surface area contributed by atoms with E-state index in [2.05, 4.69) is 41.0 Å². The highest BCUT2D eigenvalue weighted by molar-refractivity contribution is 5.74. The minimum Gasteiger partial charge on any atom is -0.338 e. The molecule has 118 valence electrons. The van der Waals surface area contributed by atoms with Crippen molar-refractivity contribution in [2.24, 2.45) is 0 Å². The molecule has 1 saturated carbocycles. The zero-order valence-electron chi connectivity index (χ0n) is 13.5. The zero-order chi connectivity index (χ0) is 15.2. The molecule has 0 unspecified atom stereocenters. The van der Waals surface area contributed by atoms with E-state index in [0.29, 0.717) is 18.6 Å². The number of carbonyl (C=O) groups is 1. The summed E-state index contributed by atoms with van der Waals surface area (Å²) in [5.41, 5.74) is 1.17. The molecule has 1 aromatic rings. The Bertz CT molecular complexity index is 461. The molecule has 0 atom stereocenters. The average molecular weight is 292 g/mol. The van der Waals surface area contributed by atoms with Gasteiger partial charge >= 0.3 is 6.03 Å². The van der Waals surface area contributed by atoms with E-state index in [9.17, 15) is 4.79 Å². The van der Waals surface area contributed by atoms with Crippen molar-refractivity contribution in [3.05, 3.63) is 17.7 Å². The Morgan fingerprint density at radius 2 is 2.10 bits per heavy atom. The first kappa shape index (κ1) is 15.9. The smallest absolute Gasteiger partial charge is 0.315 e. The number of carbonyl (C=O) groups excluding carboxylic acids is 1. The van der Waals surface area contributed by atoms with Crippen LogP contribution in [-0.2, 0) is 6.42 Å². The summed E-state index contributed by atoms with van der Waals surface area (Å²) in [6.45, 7) is 7.00. The molecule has 5 nitrogen and oxygen atoms in total. The Morgan fingerprint density at radius 1 is 1.38 bits per heavy atom. The molecular weight excluding hydrogens is 264 g/mol. The summed E-state index contributed by atoms with van der Waals surface area (Å²) in [6.07, 6.45) is 8.67. The average Bonchev–Trinajstić information content (AvgIpc) is 2.81. The van der Waals surface area contributed by atoms with E-state index in [0.717, 1.165) is 25.1 Å². The molecule has 2 amide bonds. The predicted octanol–water partition coefficient (Wildman–Crippen LogP) is 2.95. The molecule has 0 spiro atoms. The lowest BCUT2D eigenvalue weighted by Gasteiger charge is -2.22. The second kappa shape index (κ2) is 7.48. The Labute approximate surface area is 127 Å². The predicted molar refractivity (Wildman–Crippen MR) is 84.5 cm³/mol. The third-order valence-corrected chi connectivity index (χ3v) is 4.15. The molecule has 21 heavy (non-hydrogen) atoms. The minimum atomic E-state index is -0.0405. The van der Waals surface area contributed by atoms with Crippen LogP contribution in [0.2, 0.25) is 0 Å². The maximum atomic E-state index is 11.9. The van der Waals surface area contributed by atoms with Gasteiger partial charge in [0, 0.05) is 36.9 Å². The summed E-state index contributed by atoms with van der Waals surface area (Å²) < 4.78 is 2.22. The van der Waals surface area contributed by atoms with Gasteiger partial charge in [0.05, 0.1) is 0 Å². The van der Waals surface area contributed by atoms with Gasteiger partial charge in [0.2, 0.25) is 0 Å². The topological polar surface area (TPSA) is 59.0 Å². The molecule has 1 aliphatic rings. The monoisotopic (exact) mass is 292 g/mol. The van der Waals surface area contributed by atoms with E-state index in [-0.39, 0.29) is 6.03 Å². The number of rotatable bonds is 5. The quantitative estimate of drug-likeness (QED) is 0.876. The van der Waals surface area contributed by atoms with Crippen molar-refractivity contribution in [2.45, 2.75) is 71.4 Å². The van der Waals surface area contributed by atoms with Crippen LogP contribution in [0.25, 0.3) is 0 Å². The molecule has 0 aliphatic heterocycles. The summed E-state index contributed by atoms with van der Waals surface area (Å²) in [4.78, 5) is 16.3. The number of imidazole rings is 1. The van der Waals surface area contributed by atoms with Crippen LogP contribution >= 0.6 is 0 Å². The first-order chi connectivity index (χ1) is 10.1. The lowest BCUT2D eigenvalue weighted by Crippen LogP contribution is -2.43. The summed E-state index contributed by atoms with van der Waals surface area (Å²) in [7, 11) is 0. The highest BCUT2D eigenvalue weighted by Crippen LogP contribution is 2.17. The van der Waals surface area contributed by atoms with Gasteiger partial charge in [-0.05, 0) is 33.6 Å². The van der Waals surface area contributed by atoms with E-state index in [1.807, 2.05) is 6.20 Å². The zero-order valence-corrected chi connectivity index (χ0v) is 13.5. The van der Waals surface area contributed by atoms with Gasteiger partial charge in [-0.15, -0.1) is 0 Å².